The van der Waals surface area contributed by atoms with Gasteiger partial charge in [0.15, 0.2) is 0 Å². The molecular weight excluding hydrogens is 192 g/mol. The zero-order chi connectivity index (χ0) is 11.1. The van der Waals surface area contributed by atoms with E-state index in [0.717, 1.165) is 0 Å². The highest BCUT2D eigenvalue weighted by Gasteiger charge is 2.07. The Morgan fingerprint density at radius 2 is 2.47 bits per heavy atom. The largest absolute Gasteiger partial charge is 0.384 e. The van der Waals surface area contributed by atoms with Gasteiger partial charge in [0.05, 0.1) is 11.1 Å². The van der Waals surface area contributed by atoms with Crippen molar-refractivity contribution in [3.05, 3.63) is 29.6 Å². The van der Waals surface area contributed by atoms with E-state index < -0.39 is 0 Å². The molecule has 4 nitrogen and oxygen atoms in total. The summed E-state index contributed by atoms with van der Waals surface area (Å²) in [5, 5.41) is 11.2. The van der Waals surface area contributed by atoms with Crippen molar-refractivity contribution in [3.63, 3.8) is 0 Å². The summed E-state index contributed by atoms with van der Waals surface area (Å²) in [4.78, 5) is 15.4. The van der Waals surface area contributed by atoms with Gasteiger partial charge in [0.2, 0.25) is 0 Å². The molecule has 0 aliphatic rings. The van der Waals surface area contributed by atoms with E-state index in [1.165, 1.54) is 12.4 Å². The molecule has 1 amide bonds. The van der Waals surface area contributed by atoms with E-state index in [2.05, 4.69) is 22.1 Å². The molecule has 0 aliphatic heterocycles. The van der Waals surface area contributed by atoms with Crippen molar-refractivity contribution < 1.29 is 9.90 Å². The first-order valence-electron chi connectivity index (χ1n) is 4.61. The molecule has 0 spiro atoms. The van der Waals surface area contributed by atoms with Crippen molar-refractivity contribution in [2.75, 3.05) is 13.2 Å². The maximum absolute atomic E-state index is 11.6. The second kappa shape index (κ2) is 5.78. The zero-order valence-corrected chi connectivity index (χ0v) is 8.45. The van der Waals surface area contributed by atoms with Crippen LogP contribution in [0.5, 0.6) is 0 Å². The topological polar surface area (TPSA) is 62.2 Å². The molecule has 78 valence electrons. The van der Waals surface area contributed by atoms with Crippen LogP contribution in [0.2, 0.25) is 0 Å². The van der Waals surface area contributed by atoms with Crippen LogP contribution in [-0.2, 0) is 0 Å². The van der Waals surface area contributed by atoms with Gasteiger partial charge in [-0.2, -0.15) is 0 Å². The normalized spacial score (nSPS) is 8.93. The SMILES string of the molecule is CCNC(=O)c1ccncc1C#CCO. The number of nitrogens with one attached hydrogen (secondary N) is 1. The van der Waals surface area contributed by atoms with Gasteiger partial charge in [-0.15, -0.1) is 0 Å². The fraction of sp³-hybridized carbons (Fsp3) is 0.273. The monoisotopic (exact) mass is 204 g/mol. The molecule has 1 aromatic rings. The first kappa shape index (κ1) is 11.2. The number of hydrogen-bond acceptors (Lipinski definition) is 3. The Morgan fingerprint density at radius 1 is 1.67 bits per heavy atom. The summed E-state index contributed by atoms with van der Waals surface area (Å²) in [6.45, 7) is 2.18. The Balaban J connectivity index is 3.00. The smallest absolute Gasteiger partial charge is 0.252 e. The molecule has 0 unspecified atom stereocenters. The van der Waals surface area contributed by atoms with Gasteiger partial charge in [0.25, 0.3) is 5.91 Å². The molecule has 0 fully saturated rings. The number of carbonyl (C=O) groups excluding carboxylic acids is 1. The van der Waals surface area contributed by atoms with E-state index in [-0.39, 0.29) is 12.5 Å². The maximum Gasteiger partial charge on any atom is 0.252 e. The average Bonchev–Trinajstić information content (AvgIpc) is 2.27. The number of rotatable bonds is 2. The predicted octanol–water partition coefficient (Wildman–Crippen LogP) is 0.175. The van der Waals surface area contributed by atoms with Crippen molar-refractivity contribution in [2.24, 2.45) is 0 Å². The fourth-order valence-electron chi connectivity index (χ4n) is 1.08. The van der Waals surface area contributed by atoms with Gasteiger partial charge in [-0.25, -0.2) is 0 Å². The van der Waals surface area contributed by atoms with Gasteiger partial charge >= 0.3 is 0 Å². The Bertz CT molecular complexity index is 405. The first-order chi connectivity index (χ1) is 7.29. The lowest BCUT2D eigenvalue weighted by molar-refractivity contribution is 0.0955. The Labute approximate surface area is 88.3 Å². The zero-order valence-electron chi connectivity index (χ0n) is 8.45. The van der Waals surface area contributed by atoms with Gasteiger partial charge in [-0.05, 0) is 13.0 Å². The highest BCUT2D eigenvalue weighted by molar-refractivity contribution is 5.96. The van der Waals surface area contributed by atoms with Crippen LogP contribution < -0.4 is 5.32 Å². The lowest BCUT2D eigenvalue weighted by atomic mass is 10.1. The summed E-state index contributed by atoms with van der Waals surface area (Å²) in [5.41, 5.74) is 1.00. The van der Waals surface area contributed by atoms with Crippen LogP contribution in [0.1, 0.15) is 22.8 Å². The van der Waals surface area contributed by atoms with E-state index in [0.29, 0.717) is 17.7 Å². The van der Waals surface area contributed by atoms with Crippen LogP contribution >= 0.6 is 0 Å². The van der Waals surface area contributed by atoms with Crippen molar-refractivity contribution in [1.82, 2.24) is 10.3 Å². The summed E-state index contributed by atoms with van der Waals surface area (Å²) in [5.74, 6) is 4.99. The number of aliphatic hydroxyl groups is 1. The number of aromatic nitrogens is 1. The minimum atomic E-state index is -0.232. The van der Waals surface area contributed by atoms with Crippen molar-refractivity contribution in [2.45, 2.75) is 6.92 Å². The van der Waals surface area contributed by atoms with Crippen LogP contribution in [0.4, 0.5) is 0 Å². The molecule has 2 N–H and O–H groups in total. The Kier molecular flexibility index (Phi) is 4.32. The summed E-state index contributed by atoms with van der Waals surface area (Å²) in [7, 11) is 0. The van der Waals surface area contributed by atoms with E-state index in [9.17, 15) is 4.79 Å². The van der Waals surface area contributed by atoms with Crippen LogP contribution in [0.15, 0.2) is 18.5 Å². The van der Waals surface area contributed by atoms with Gasteiger partial charge in [-0.1, -0.05) is 11.8 Å². The highest BCUT2D eigenvalue weighted by atomic mass is 16.2. The molecule has 1 aromatic heterocycles. The molecular formula is C11H12N2O2. The number of amides is 1. The number of aliphatic hydroxyl groups excluding tert-OH is 1. The molecule has 1 rings (SSSR count). The van der Waals surface area contributed by atoms with E-state index in [1.807, 2.05) is 6.92 Å². The summed E-state index contributed by atoms with van der Waals surface area (Å²) in [6.07, 6.45) is 3.04. The summed E-state index contributed by atoms with van der Waals surface area (Å²) >= 11 is 0. The molecule has 0 radical (unpaired) electrons. The quantitative estimate of drug-likeness (QED) is 0.675. The maximum atomic E-state index is 11.6. The number of nitrogens with zero attached hydrogens (tertiary/aromatic N) is 1. The van der Waals surface area contributed by atoms with E-state index >= 15 is 0 Å². The molecule has 1 heterocycles. The third-order valence-corrected chi connectivity index (χ3v) is 1.71. The number of hydrogen-bond donors (Lipinski definition) is 2. The van der Waals surface area contributed by atoms with Crippen molar-refractivity contribution >= 4 is 5.91 Å². The lowest BCUT2D eigenvalue weighted by Gasteiger charge is -2.03. The molecule has 15 heavy (non-hydrogen) atoms. The molecule has 0 saturated carbocycles. The summed E-state index contributed by atoms with van der Waals surface area (Å²) < 4.78 is 0. The van der Waals surface area contributed by atoms with Gasteiger partial charge in [0.1, 0.15) is 6.61 Å². The van der Waals surface area contributed by atoms with Crippen molar-refractivity contribution in [3.8, 4) is 11.8 Å². The molecule has 0 aromatic carbocycles. The van der Waals surface area contributed by atoms with Crippen LogP contribution in [0.3, 0.4) is 0 Å². The Morgan fingerprint density at radius 3 is 3.13 bits per heavy atom. The highest BCUT2D eigenvalue weighted by Crippen LogP contribution is 2.04. The summed E-state index contributed by atoms with van der Waals surface area (Å²) in [6, 6.07) is 1.60. The predicted molar refractivity (Wildman–Crippen MR) is 56.2 cm³/mol. The average molecular weight is 204 g/mol. The van der Waals surface area contributed by atoms with E-state index in [4.69, 9.17) is 5.11 Å². The van der Waals surface area contributed by atoms with Gasteiger partial charge in [0, 0.05) is 18.9 Å². The fourth-order valence-corrected chi connectivity index (χ4v) is 1.08. The molecule has 0 bridgehead atoms. The number of pyridine rings is 1. The van der Waals surface area contributed by atoms with E-state index in [1.54, 1.807) is 6.07 Å². The van der Waals surface area contributed by atoms with Crippen molar-refractivity contribution in [1.29, 1.82) is 0 Å². The molecule has 4 heteroatoms. The minimum absolute atomic E-state index is 0.179. The molecule has 0 saturated heterocycles. The second-order valence-electron chi connectivity index (χ2n) is 2.74. The van der Waals surface area contributed by atoms with Crippen LogP contribution in [0.25, 0.3) is 0 Å². The van der Waals surface area contributed by atoms with Gasteiger partial charge < -0.3 is 10.4 Å². The third-order valence-electron chi connectivity index (χ3n) is 1.71. The Hall–Kier alpha value is -1.86. The lowest BCUT2D eigenvalue weighted by Crippen LogP contribution is -2.23. The molecule has 0 aliphatic carbocycles. The van der Waals surface area contributed by atoms with Crippen LogP contribution in [-0.4, -0.2) is 29.1 Å². The van der Waals surface area contributed by atoms with Crippen LogP contribution in [0, 0.1) is 11.8 Å². The third kappa shape index (κ3) is 3.08. The standard InChI is InChI=1S/C11H12N2O2/c1-2-13-11(15)10-5-6-12-8-9(10)4-3-7-14/h5-6,8,14H,2,7H2,1H3,(H,13,15). The van der Waals surface area contributed by atoms with Gasteiger partial charge in [-0.3, -0.25) is 9.78 Å². The second-order valence-corrected chi connectivity index (χ2v) is 2.74. The minimum Gasteiger partial charge on any atom is -0.384 e. The number of carbonyl (C=O) groups is 1. The first-order valence-corrected chi connectivity index (χ1v) is 4.61. The molecule has 0 atom stereocenters.